The zero-order valence-electron chi connectivity index (χ0n) is 15.2. The molecule has 0 saturated carbocycles. The number of rotatable bonds is 6. The second kappa shape index (κ2) is 8.30. The van der Waals surface area contributed by atoms with E-state index >= 15 is 0 Å². The molecule has 1 aliphatic rings. The maximum atomic E-state index is 12.3. The first-order chi connectivity index (χ1) is 12.1. The summed E-state index contributed by atoms with van der Waals surface area (Å²) in [6.07, 6.45) is 2.15. The third-order valence-corrected chi connectivity index (χ3v) is 4.72. The Balaban J connectivity index is 1.49. The van der Waals surface area contributed by atoms with Gasteiger partial charge in [-0.2, -0.15) is 0 Å². The minimum atomic E-state index is 0.0329. The predicted molar refractivity (Wildman–Crippen MR) is 103 cm³/mol. The summed E-state index contributed by atoms with van der Waals surface area (Å²) in [5.74, 6) is 0.726. The number of nitrogens with one attached hydrogen (secondary N) is 1. The maximum absolute atomic E-state index is 12.3. The highest BCUT2D eigenvalue weighted by atomic mass is 16.1. The predicted octanol–water partition coefficient (Wildman–Crippen LogP) is 3.89. The summed E-state index contributed by atoms with van der Waals surface area (Å²) >= 11 is 0. The molecule has 1 heterocycles. The van der Waals surface area contributed by atoms with Crippen LogP contribution >= 0.6 is 0 Å². The summed E-state index contributed by atoms with van der Waals surface area (Å²) < 4.78 is 0. The van der Waals surface area contributed by atoms with Gasteiger partial charge in [-0.1, -0.05) is 56.3 Å². The topological polar surface area (TPSA) is 32.3 Å². The molecule has 1 aliphatic heterocycles. The molecule has 0 unspecified atom stereocenters. The average Bonchev–Trinajstić information content (AvgIpc) is 3.04. The van der Waals surface area contributed by atoms with Crippen LogP contribution in [0.4, 0.5) is 0 Å². The Kier molecular flexibility index (Phi) is 5.87. The molecule has 0 aliphatic carbocycles. The Morgan fingerprint density at radius 3 is 2.44 bits per heavy atom. The van der Waals surface area contributed by atoms with Crippen LogP contribution < -0.4 is 5.32 Å². The minimum absolute atomic E-state index is 0.0329. The lowest BCUT2D eigenvalue weighted by Crippen LogP contribution is -2.36. The number of nitrogens with zero attached hydrogens (tertiary/aromatic N) is 1. The molecule has 1 fully saturated rings. The molecule has 2 aromatic carbocycles. The molecule has 0 radical (unpaired) electrons. The second-order valence-electron chi connectivity index (χ2n) is 7.47. The molecule has 3 nitrogen and oxygen atoms in total. The Hall–Kier alpha value is -2.13. The molecular formula is C22H28N2O. The number of benzene rings is 2. The van der Waals surface area contributed by atoms with Gasteiger partial charge in [0.2, 0.25) is 0 Å². The number of hydrogen-bond donors (Lipinski definition) is 1. The molecule has 0 spiro atoms. The van der Waals surface area contributed by atoms with E-state index in [9.17, 15) is 4.79 Å². The van der Waals surface area contributed by atoms with Gasteiger partial charge in [0.1, 0.15) is 0 Å². The molecule has 1 amide bonds. The average molecular weight is 336 g/mol. The molecular weight excluding hydrogens is 308 g/mol. The summed E-state index contributed by atoms with van der Waals surface area (Å²) in [5.41, 5.74) is 3.50. The van der Waals surface area contributed by atoms with Gasteiger partial charge in [-0.05, 0) is 42.0 Å². The van der Waals surface area contributed by atoms with Gasteiger partial charge in [-0.15, -0.1) is 0 Å². The standard InChI is InChI=1S/C22H28N2O/c1-17(2)14-18-8-10-19(11-9-18)15-24-13-12-21(16-24)23-22(25)20-6-4-3-5-7-20/h3-11,17,21H,12-16H2,1-2H3,(H,23,25)/t21-/m1/s1. The number of carbonyl (C=O) groups excluding carboxylic acids is 1. The lowest BCUT2D eigenvalue weighted by atomic mass is 10.0. The van der Waals surface area contributed by atoms with Crippen molar-refractivity contribution in [3.05, 3.63) is 71.3 Å². The smallest absolute Gasteiger partial charge is 0.251 e. The zero-order chi connectivity index (χ0) is 17.6. The molecule has 25 heavy (non-hydrogen) atoms. The van der Waals surface area contributed by atoms with Crippen LogP contribution in [0.5, 0.6) is 0 Å². The maximum Gasteiger partial charge on any atom is 0.251 e. The molecule has 0 bridgehead atoms. The van der Waals surface area contributed by atoms with Gasteiger partial charge in [0.05, 0.1) is 0 Å². The molecule has 0 aromatic heterocycles. The van der Waals surface area contributed by atoms with E-state index < -0.39 is 0 Å². The van der Waals surface area contributed by atoms with E-state index in [2.05, 4.69) is 48.3 Å². The van der Waals surface area contributed by atoms with Crippen LogP contribution in [0.15, 0.2) is 54.6 Å². The van der Waals surface area contributed by atoms with Gasteiger partial charge in [0.25, 0.3) is 5.91 Å². The highest BCUT2D eigenvalue weighted by molar-refractivity contribution is 5.94. The lowest BCUT2D eigenvalue weighted by molar-refractivity contribution is 0.0937. The molecule has 1 saturated heterocycles. The highest BCUT2D eigenvalue weighted by Gasteiger charge is 2.24. The fourth-order valence-electron chi connectivity index (χ4n) is 3.46. The van der Waals surface area contributed by atoms with Crippen LogP contribution in [-0.4, -0.2) is 29.9 Å². The molecule has 1 atom stereocenters. The van der Waals surface area contributed by atoms with Gasteiger partial charge < -0.3 is 5.32 Å². The van der Waals surface area contributed by atoms with Crippen molar-refractivity contribution in [2.24, 2.45) is 5.92 Å². The number of likely N-dealkylation sites (tertiary alicyclic amines) is 1. The van der Waals surface area contributed by atoms with E-state index in [0.717, 1.165) is 38.0 Å². The van der Waals surface area contributed by atoms with Crippen molar-refractivity contribution >= 4 is 5.91 Å². The van der Waals surface area contributed by atoms with E-state index in [4.69, 9.17) is 0 Å². The van der Waals surface area contributed by atoms with Crippen molar-refractivity contribution in [3.63, 3.8) is 0 Å². The van der Waals surface area contributed by atoms with Crippen molar-refractivity contribution in [2.45, 2.75) is 39.3 Å². The van der Waals surface area contributed by atoms with Gasteiger partial charge in [-0.3, -0.25) is 9.69 Å². The van der Waals surface area contributed by atoms with E-state index in [1.165, 1.54) is 11.1 Å². The van der Waals surface area contributed by atoms with E-state index in [1.807, 2.05) is 30.3 Å². The Morgan fingerprint density at radius 2 is 1.76 bits per heavy atom. The van der Waals surface area contributed by atoms with Crippen LogP contribution in [0.25, 0.3) is 0 Å². The van der Waals surface area contributed by atoms with Gasteiger partial charge in [0.15, 0.2) is 0 Å². The molecule has 2 aromatic rings. The van der Waals surface area contributed by atoms with Crippen LogP contribution in [0.1, 0.15) is 41.8 Å². The Bertz CT molecular complexity index is 679. The van der Waals surface area contributed by atoms with E-state index in [0.29, 0.717) is 5.92 Å². The minimum Gasteiger partial charge on any atom is -0.348 e. The third kappa shape index (κ3) is 5.17. The van der Waals surface area contributed by atoms with Crippen LogP contribution in [-0.2, 0) is 13.0 Å². The van der Waals surface area contributed by atoms with Crippen LogP contribution in [0.2, 0.25) is 0 Å². The van der Waals surface area contributed by atoms with E-state index in [1.54, 1.807) is 0 Å². The van der Waals surface area contributed by atoms with Crippen molar-refractivity contribution in [1.82, 2.24) is 10.2 Å². The molecule has 3 rings (SSSR count). The molecule has 1 N–H and O–H groups in total. The third-order valence-electron chi connectivity index (χ3n) is 4.72. The van der Waals surface area contributed by atoms with Crippen molar-refractivity contribution in [2.75, 3.05) is 13.1 Å². The van der Waals surface area contributed by atoms with Crippen molar-refractivity contribution < 1.29 is 4.79 Å². The first-order valence-electron chi connectivity index (χ1n) is 9.26. The fraction of sp³-hybridized carbons (Fsp3) is 0.409. The largest absolute Gasteiger partial charge is 0.348 e. The summed E-state index contributed by atoms with van der Waals surface area (Å²) in [6.45, 7) is 7.42. The second-order valence-corrected chi connectivity index (χ2v) is 7.47. The first-order valence-corrected chi connectivity index (χ1v) is 9.26. The number of carbonyl (C=O) groups is 1. The summed E-state index contributed by atoms with van der Waals surface area (Å²) in [7, 11) is 0. The van der Waals surface area contributed by atoms with Crippen molar-refractivity contribution in [1.29, 1.82) is 0 Å². The van der Waals surface area contributed by atoms with Crippen LogP contribution in [0, 0.1) is 5.92 Å². The lowest BCUT2D eigenvalue weighted by Gasteiger charge is -2.17. The monoisotopic (exact) mass is 336 g/mol. The van der Waals surface area contributed by atoms with E-state index in [-0.39, 0.29) is 11.9 Å². The Labute approximate surface area is 151 Å². The summed E-state index contributed by atoms with van der Waals surface area (Å²) in [5, 5.41) is 3.16. The number of amides is 1. The molecule has 3 heteroatoms. The first kappa shape index (κ1) is 17.7. The summed E-state index contributed by atoms with van der Waals surface area (Å²) in [6, 6.07) is 18.7. The quantitative estimate of drug-likeness (QED) is 0.868. The van der Waals surface area contributed by atoms with Crippen molar-refractivity contribution in [3.8, 4) is 0 Å². The van der Waals surface area contributed by atoms with Crippen LogP contribution in [0.3, 0.4) is 0 Å². The van der Waals surface area contributed by atoms with Gasteiger partial charge in [0, 0.05) is 31.2 Å². The zero-order valence-corrected chi connectivity index (χ0v) is 15.2. The molecule has 132 valence electrons. The SMILES string of the molecule is CC(C)Cc1ccc(CN2CC[C@@H](NC(=O)c3ccccc3)C2)cc1. The normalized spacial score (nSPS) is 17.8. The fourth-order valence-corrected chi connectivity index (χ4v) is 3.46. The number of hydrogen-bond acceptors (Lipinski definition) is 2. The highest BCUT2D eigenvalue weighted by Crippen LogP contribution is 2.16. The van der Waals surface area contributed by atoms with Gasteiger partial charge in [-0.25, -0.2) is 0 Å². The van der Waals surface area contributed by atoms with Gasteiger partial charge >= 0.3 is 0 Å². The Morgan fingerprint density at radius 1 is 1.08 bits per heavy atom. The summed E-state index contributed by atoms with van der Waals surface area (Å²) in [4.78, 5) is 14.7.